The topological polar surface area (TPSA) is 128 Å². The highest BCUT2D eigenvalue weighted by molar-refractivity contribution is 7.93. The number of hydrogen-bond donors (Lipinski definition) is 2. The number of aromatic nitrogens is 6. The van der Waals surface area contributed by atoms with E-state index in [1.165, 1.54) is 13.0 Å². The predicted octanol–water partition coefficient (Wildman–Crippen LogP) is 3.68. The van der Waals surface area contributed by atoms with Gasteiger partial charge in [0.15, 0.2) is 5.82 Å². The summed E-state index contributed by atoms with van der Waals surface area (Å²) < 4.78 is 59.7. The third-order valence-electron chi connectivity index (χ3n) is 5.69. The molecule has 0 spiro atoms. The molecular weight excluding hydrogens is 490 g/mol. The molecule has 2 N–H and O–H groups in total. The summed E-state index contributed by atoms with van der Waals surface area (Å²) >= 11 is 0. The number of pyridine rings is 1. The van der Waals surface area contributed by atoms with E-state index < -0.39 is 44.5 Å². The molecule has 0 aliphatic carbocycles. The summed E-state index contributed by atoms with van der Waals surface area (Å²) in [5.41, 5.74) is 0.509. The Kier molecular flexibility index (Phi) is 6.93. The zero-order chi connectivity index (χ0) is 26.0. The number of anilines is 2. The minimum absolute atomic E-state index is 0.0589. The molecule has 2 unspecified atom stereocenters. The summed E-state index contributed by atoms with van der Waals surface area (Å²) in [7, 11) is -2.48. The van der Waals surface area contributed by atoms with Gasteiger partial charge >= 0.3 is 0 Å². The van der Waals surface area contributed by atoms with Crippen LogP contribution in [0.3, 0.4) is 0 Å². The number of aryl methyl sites for hydroxylation is 1. The fourth-order valence-corrected chi connectivity index (χ4v) is 4.70. The summed E-state index contributed by atoms with van der Waals surface area (Å²) in [6.07, 6.45) is 3.20. The van der Waals surface area contributed by atoms with Gasteiger partial charge in [-0.2, -0.15) is 0 Å². The van der Waals surface area contributed by atoms with Crippen LogP contribution in [-0.4, -0.2) is 50.4 Å². The van der Waals surface area contributed by atoms with Gasteiger partial charge < -0.3 is 5.32 Å². The summed E-state index contributed by atoms with van der Waals surface area (Å²) in [5, 5.41) is 9.78. The van der Waals surface area contributed by atoms with E-state index in [2.05, 4.69) is 35.2 Å². The summed E-state index contributed by atoms with van der Waals surface area (Å²) in [6.45, 7) is 4.98. The highest BCUT2D eigenvalue weighted by Crippen LogP contribution is 2.30. The molecule has 0 saturated carbocycles. The molecule has 0 saturated heterocycles. The number of nitrogens with one attached hydrogen (secondary N) is 2. The minimum atomic E-state index is -4.14. The van der Waals surface area contributed by atoms with Crippen LogP contribution in [0.15, 0.2) is 48.8 Å². The van der Waals surface area contributed by atoms with Gasteiger partial charge in [-0.1, -0.05) is 19.1 Å². The van der Waals surface area contributed by atoms with Gasteiger partial charge in [-0.15, -0.1) is 10.2 Å². The van der Waals surface area contributed by atoms with E-state index in [1.54, 1.807) is 44.6 Å². The van der Waals surface area contributed by atoms with Crippen molar-refractivity contribution >= 4 is 21.8 Å². The zero-order valence-corrected chi connectivity index (χ0v) is 20.8. The summed E-state index contributed by atoms with van der Waals surface area (Å²) in [5.74, 6) is -2.11. The molecule has 0 aliphatic heterocycles. The Morgan fingerprint density at radius 2 is 1.61 bits per heavy atom. The molecule has 188 valence electrons. The Balaban J connectivity index is 1.80. The lowest BCUT2D eigenvalue weighted by Gasteiger charge is -2.20. The van der Waals surface area contributed by atoms with Crippen molar-refractivity contribution in [1.82, 2.24) is 29.7 Å². The third kappa shape index (κ3) is 4.87. The van der Waals surface area contributed by atoms with E-state index in [4.69, 9.17) is 0 Å². The fourth-order valence-electron chi connectivity index (χ4n) is 3.47. The van der Waals surface area contributed by atoms with Crippen LogP contribution in [0.5, 0.6) is 0 Å². The molecule has 0 radical (unpaired) electrons. The van der Waals surface area contributed by atoms with Gasteiger partial charge in [0, 0.05) is 25.4 Å². The highest BCUT2D eigenvalue weighted by atomic mass is 32.2. The van der Waals surface area contributed by atoms with Crippen molar-refractivity contribution in [3.63, 3.8) is 0 Å². The van der Waals surface area contributed by atoms with E-state index in [0.29, 0.717) is 11.6 Å². The molecule has 2 atom stereocenters. The first kappa shape index (κ1) is 25.1. The fraction of sp³-hybridized carbons (Fsp3) is 0.261. The maximum Gasteiger partial charge on any atom is 0.243 e. The van der Waals surface area contributed by atoms with Crippen LogP contribution >= 0.6 is 0 Å². The van der Waals surface area contributed by atoms with Crippen LogP contribution in [0.25, 0.3) is 17.2 Å². The number of sulfonamides is 1. The van der Waals surface area contributed by atoms with Crippen LogP contribution < -0.4 is 10.0 Å². The monoisotopic (exact) mass is 514 g/mol. The lowest BCUT2D eigenvalue weighted by atomic mass is 10.1. The van der Waals surface area contributed by atoms with Crippen LogP contribution in [0, 0.1) is 18.6 Å². The number of nitrogens with zero attached hydrogens (tertiary/aromatic N) is 6. The molecule has 10 nitrogen and oxygen atoms in total. The van der Waals surface area contributed by atoms with Crippen LogP contribution in [0.1, 0.15) is 31.2 Å². The van der Waals surface area contributed by atoms with Crippen molar-refractivity contribution in [3.8, 4) is 17.2 Å². The molecular formula is C23H24F2N8O2S. The number of para-hydroxylation sites is 1. The normalized spacial score (nSPS) is 13.3. The van der Waals surface area contributed by atoms with E-state index >= 15 is 0 Å². The first-order valence-electron chi connectivity index (χ1n) is 11.0. The van der Waals surface area contributed by atoms with Crippen molar-refractivity contribution in [2.45, 2.75) is 31.9 Å². The first-order valence-corrected chi connectivity index (χ1v) is 12.5. The van der Waals surface area contributed by atoms with Crippen molar-refractivity contribution in [2.75, 3.05) is 17.1 Å². The van der Waals surface area contributed by atoms with Crippen LogP contribution in [-0.2, 0) is 10.0 Å². The lowest BCUT2D eigenvalue weighted by Crippen LogP contribution is -2.31. The largest absolute Gasteiger partial charge is 0.373 e. The quantitative estimate of drug-likeness (QED) is 0.365. The SMILES string of the molecule is CNc1cccc(-c2nnc(NS(=O)(=O)C(C)C(C)c3ncc(C)cn3)n2-c2c(F)cccc2F)n1. The van der Waals surface area contributed by atoms with E-state index in [9.17, 15) is 17.2 Å². The molecule has 3 aromatic heterocycles. The van der Waals surface area contributed by atoms with E-state index in [1.807, 2.05) is 6.92 Å². The molecule has 13 heteroatoms. The average Bonchev–Trinajstić information content (AvgIpc) is 3.25. The second-order valence-electron chi connectivity index (χ2n) is 8.17. The van der Waals surface area contributed by atoms with Crippen molar-refractivity contribution in [3.05, 3.63) is 71.8 Å². The standard InChI is InChI=1S/C23H24F2N8O2S/c1-13-11-27-21(28-12-13)14(2)15(3)36(34,35)32-23-31-30-22(18-9-6-10-19(26-4)29-18)33(23)20-16(24)7-5-8-17(20)25/h5-12,14-15H,1-4H3,(H,26,29)(H,31,32). The van der Waals surface area contributed by atoms with Crippen molar-refractivity contribution < 1.29 is 17.2 Å². The number of rotatable bonds is 8. The molecule has 3 heterocycles. The Labute approximate surface area is 206 Å². The summed E-state index contributed by atoms with van der Waals surface area (Å²) in [6, 6.07) is 8.23. The summed E-state index contributed by atoms with van der Waals surface area (Å²) in [4.78, 5) is 12.8. The van der Waals surface area contributed by atoms with Crippen LogP contribution in [0.2, 0.25) is 0 Å². The van der Waals surface area contributed by atoms with Gasteiger partial charge in [-0.05, 0) is 43.7 Å². The zero-order valence-electron chi connectivity index (χ0n) is 19.9. The van der Waals surface area contributed by atoms with Gasteiger partial charge in [0.2, 0.25) is 16.0 Å². The van der Waals surface area contributed by atoms with Crippen LogP contribution in [0.4, 0.5) is 20.5 Å². The third-order valence-corrected chi connectivity index (χ3v) is 7.55. The molecule has 0 amide bonds. The number of benzene rings is 1. The predicted molar refractivity (Wildman–Crippen MR) is 131 cm³/mol. The molecule has 4 rings (SSSR count). The van der Waals surface area contributed by atoms with Gasteiger partial charge in [-0.3, -0.25) is 9.29 Å². The van der Waals surface area contributed by atoms with Crippen molar-refractivity contribution in [1.29, 1.82) is 0 Å². The Morgan fingerprint density at radius 1 is 0.972 bits per heavy atom. The minimum Gasteiger partial charge on any atom is -0.373 e. The Bertz CT molecular complexity index is 1470. The molecule has 0 fully saturated rings. The van der Waals surface area contributed by atoms with E-state index in [0.717, 1.165) is 22.3 Å². The lowest BCUT2D eigenvalue weighted by molar-refractivity contribution is 0.564. The maximum absolute atomic E-state index is 14.9. The maximum atomic E-state index is 14.9. The Hall–Kier alpha value is -4.00. The Morgan fingerprint density at radius 3 is 2.25 bits per heavy atom. The van der Waals surface area contributed by atoms with Gasteiger partial charge in [-0.25, -0.2) is 32.2 Å². The smallest absolute Gasteiger partial charge is 0.243 e. The number of hydrogen-bond acceptors (Lipinski definition) is 8. The van der Waals surface area contributed by atoms with E-state index in [-0.39, 0.29) is 11.5 Å². The van der Waals surface area contributed by atoms with Gasteiger partial charge in [0.1, 0.15) is 34.7 Å². The molecule has 0 aliphatic rings. The first-order chi connectivity index (χ1) is 17.1. The number of halogens is 2. The second kappa shape index (κ2) is 9.93. The molecule has 36 heavy (non-hydrogen) atoms. The highest BCUT2D eigenvalue weighted by Gasteiger charge is 2.32. The molecule has 1 aromatic carbocycles. The second-order valence-corrected chi connectivity index (χ2v) is 10.2. The van der Waals surface area contributed by atoms with Crippen molar-refractivity contribution in [2.24, 2.45) is 0 Å². The van der Waals surface area contributed by atoms with Gasteiger partial charge in [0.25, 0.3) is 0 Å². The average molecular weight is 515 g/mol. The molecule has 0 bridgehead atoms. The van der Waals surface area contributed by atoms with Gasteiger partial charge in [0.05, 0.1) is 5.25 Å². The molecule has 4 aromatic rings.